The minimum atomic E-state index is 0.205. The number of rotatable bonds is 3. The van der Waals surface area contributed by atoms with Crippen molar-refractivity contribution in [2.75, 3.05) is 12.4 Å². The van der Waals surface area contributed by atoms with E-state index in [-0.39, 0.29) is 6.04 Å². The first-order valence-corrected chi connectivity index (χ1v) is 8.84. The third kappa shape index (κ3) is 2.28. The van der Waals surface area contributed by atoms with Gasteiger partial charge in [-0.3, -0.25) is 5.10 Å². The van der Waals surface area contributed by atoms with Crippen molar-refractivity contribution in [3.05, 3.63) is 52.9 Å². The molecule has 2 N–H and O–H groups in total. The fourth-order valence-corrected chi connectivity index (χ4v) is 3.76. The van der Waals surface area contributed by atoms with Crippen LogP contribution in [-0.2, 0) is 6.42 Å². The average Bonchev–Trinajstić information content (AvgIpc) is 3.36. The lowest BCUT2D eigenvalue weighted by Gasteiger charge is -2.16. The van der Waals surface area contributed by atoms with E-state index in [9.17, 15) is 0 Å². The quantitative estimate of drug-likeness (QED) is 0.581. The van der Waals surface area contributed by atoms with E-state index in [0.29, 0.717) is 0 Å². The van der Waals surface area contributed by atoms with Crippen molar-refractivity contribution >= 4 is 28.5 Å². The number of fused-ring (bicyclic) bond motifs is 2. The molecular formula is C18H16ClN7. The van der Waals surface area contributed by atoms with Crippen LogP contribution in [0.4, 0.5) is 5.82 Å². The van der Waals surface area contributed by atoms with Crippen LogP contribution in [0, 0.1) is 0 Å². The highest BCUT2D eigenvalue weighted by molar-refractivity contribution is 6.30. The number of hydrogen-bond acceptors (Lipinski definition) is 5. The Kier molecular flexibility index (Phi) is 3.43. The largest absolute Gasteiger partial charge is 0.371 e. The van der Waals surface area contributed by atoms with Gasteiger partial charge in [-0.2, -0.15) is 5.10 Å². The summed E-state index contributed by atoms with van der Waals surface area (Å²) in [5, 5.41) is 20.7. The maximum atomic E-state index is 6.04. The van der Waals surface area contributed by atoms with Gasteiger partial charge < -0.3 is 9.88 Å². The fraction of sp³-hybridized carbons (Fsp3) is 0.222. The second-order valence-corrected chi connectivity index (χ2v) is 6.79. The number of aromatic amines is 1. The van der Waals surface area contributed by atoms with Crippen molar-refractivity contribution < 1.29 is 0 Å². The van der Waals surface area contributed by atoms with Crippen molar-refractivity contribution in [3.8, 4) is 11.4 Å². The second kappa shape index (κ2) is 5.81. The summed E-state index contributed by atoms with van der Waals surface area (Å²) in [5.74, 6) is 2.60. The molecule has 7 nitrogen and oxygen atoms in total. The summed E-state index contributed by atoms with van der Waals surface area (Å²) in [7, 11) is 1.84. The maximum Gasteiger partial charge on any atom is 0.166 e. The van der Waals surface area contributed by atoms with Gasteiger partial charge in [0, 0.05) is 30.3 Å². The molecule has 130 valence electrons. The zero-order chi connectivity index (χ0) is 17.7. The van der Waals surface area contributed by atoms with Crippen molar-refractivity contribution in [2.45, 2.75) is 18.9 Å². The Hall–Kier alpha value is -2.93. The topological polar surface area (TPSA) is 84.3 Å². The molecule has 0 spiro atoms. The van der Waals surface area contributed by atoms with E-state index in [0.717, 1.165) is 51.9 Å². The number of benzene rings is 1. The normalized spacial score (nSPS) is 16.2. The summed E-state index contributed by atoms with van der Waals surface area (Å²) in [6.07, 6.45) is 3.72. The molecule has 0 saturated heterocycles. The average molecular weight is 366 g/mol. The molecule has 4 heterocycles. The van der Waals surface area contributed by atoms with Gasteiger partial charge in [-0.25, -0.2) is 4.98 Å². The number of aryl methyl sites for hydroxylation is 1. The van der Waals surface area contributed by atoms with E-state index in [1.165, 1.54) is 5.56 Å². The number of H-pyrrole nitrogens is 1. The molecule has 5 rings (SSSR count). The number of aromatic nitrogens is 6. The smallest absolute Gasteiger partial charge is 0.166 e. The van der Waals surface area contributed by atoms with Crippen molar-refractivity contribution in [2.24, 2.45) is 0 Å². The summed E-state index contributed by atoms with van der Waals surface area (Å²) >= 11 is 6.04. The van der Waals surface area contributed by atoms with Crippen molar-refractivity contribution in [1.29, 1.82) is 0 Å². The van der Waals surface area contributed by atoms with Crippen molar-refractivity contribution in [1.82, 2.24) is 29.9 Å². The minimum Gasteiger partial charge on any atom is -0.371 e. The van der Waals surface area contributed by atoms with Crippen LogP contribution < -0.4 is 5.32 Å². The molecule has 26 heavy (non-hydrogen) atoms. The molecule has 0 fully saturated rings. The van der Waals surface area contributed by atoms with Crippen LogP contribution in [0.15, 0.2) is 36.5 Å². The van der Waals surface area contributed by atoms with E-state index in [2.05, 4.69) is 47.4 Å². The van der Waals surface area contributed by atoms with E-state index < -0.39 is 0 Å². The van der Waals surface area contributed by atoms with E-state index in [1.807, 2.05) is 31.4 Å². The highest BCUT2D eigenvalue weighted by Crippen LogP contribution is 2.36. The first kappa shape index (κ1) is 15.3. The highest BCUT2D eigenvalue weighted by atomic mass is 35.5. The maximum absolute atomic E-state index is 6.04. The highest BCUT2D eigenvalue weighted by Gasteiger charge is 2.29. The number of nitrogens with one attached hydrogen (secondary N) is 2. The van der Waals surface area contributed by atoms with Gasteiger partial charge in [0.2, 0.25) is 0 Å². The molecule has 1 aliphatic rings. The van der Waals surface area contributed by atoms with Crippen LogP contribution in [0.25, 0.3) is 22.4 Å². The molecule has 0 saturated carbocycles. The van der Waals surface area contributed by atoms with Crippen LogP contribution in [0.2, 0.25) is 5.02 Å². The van der Waals surface area contributed by atoms with E-state index in [1.54, 1.807) is 0 Å². The van der Waals surface area contributed by atoms with Gasteiger partial charge in [-0.05, 0) is 30.2 Å². The van der Waals surface area contributed by atoms with Gasteiger partial charge in [0.15, 0.2) is 17.3 Å². The molecule has 1 aromatic carbocycles. The lowest BCUT2D eigenvalue weighted by atomic mass is 10.0. The lowest BCUT2D eigenvalue weighted by molar-refractivity contribution is 0.622. The first-order valence-electron chi connectivity index (χ1n) is 8.46. The fourth-order valence-electron chi connectivity index (χ4n) is 3.63. The third-order valence-electron chi connectivity index (χ3n) is 4.89. The molecule has 0 amide bonds. The van der Waals surface area contributed by atoms with Gasteiger partial charge in [0.05, 0.1) is 11.4 Å². The Morgan fingerprint density at radius 1 is 1.23 bits per heavy atom. The molecule has 4 aromatic rings. The van der Waals surface area contributed by atoms with Gasteiger partial charge >= 0.3 is 0 Å². The Labute approximate surface area is 154 Å². The zero-order valence-electron chi connectivity index (χ0n) is 14.1. The number of pyridine rings is 1. The molecule has 0 radical (unpaired) electrons. The Balaban J connectivity index is 1.63. The summed E-state index contributed by atoms with van der Waals surface area (Å²) in [4.78, 5) is 4.48. The van der Waals surface area contributed by atoms with Crippen LogP contribution in [0.1, 0.15) is 23.9 Å². The number of halogens is 1. The third-order valence-corrected chi connectivity index (χ3v) is 5.14. The summed E-state index contributed by atoms with van der Waals surface area (Å²) in [5.41, 5.74) is 2.88. The SMILES string of the molecule is CNc1n[nH]c2ncc(-c3nnc4n3C(c3ccc(Cl)cc3)CC4)cc12. The van der Waals surface area contributed by atoms with Crippen LogP contribution in [0.3, 0.4) is 0 Å². The molecule has 1 atom stereocenters. The standard InChI is InChI=1S/C18H16ClN7/c1-20-16-13-8-11(9-21-17(13)24-23-16)18-25-22-15-7-6-14(26(15)18)10-2-4-12(19)5-3-10/h2-5,8-9,14H,6-7H2,1H3,(H2,20,21,23,24). The number of hydrogen-bond donors (Lipinski definition) is 2. The number of anilines is 1. The second-order valence-electron chi connectivity index (χ2n) is 6.36. The Bertz CT molecular complexity index is 1100. The first-order chi connectivity index (χ1) is 12.7. The Morgan fingerprint density at radius 3 is 2.88 bits per heavy atom. The molecule has 8 heteroatoms. The molecular weight excluding hydrogens is 350 g/mol. The predicted molar refractivity (Wildman–Crippen MR) is 100 cm³/mol. The number of nitrogens with zero attached hydrogens (tertiary/aromatic N) is 5. The Morgan fingerprint density at radius 2 is 2.08 bits per heavy atom. The molecule has 1 aliphatic heterocycles. The van der Waals surface area contributed by atoms with E-state index >= 15 is 0 Å². The van der Waals surface area contributed by atoms with Gasteiger partial charge in [-0.15, -0.1) is 10.2 Å². The predicted octanol–water partition coefficient (Wildman–Crippen LogP) is 3.45. The van der Waals surface area contributed by atoms with Gasteiger partial charge in [0.1, 0.15) is 5.82 Å². The molecule has 0 bridgehead atoms. The van der Waals surface area contributed by atoms with Crippen LogP contribution >= 0.6 is 11.6 Å². The van der Waals surface area contributed by atoms with Crippen LogP contribution in [-0.4, -0.2) is 37.0 Å². The summed E-state index contributed by atoms with van der Waals surface area (Å²) in [6.45, 7) is 0. The van der Waals surface area contributed by atoms with Gasteiger partial charge in [0.25, 0.3) is 0 Å². The van der Waals surface area contributed by atoms with E-state index in [4.69, 9.17) is 11.6 Å². The minimum absolute atomic E-state index is 0.205. The molecule has 0 aliphatic carbocycles. The summed E-state index contributed by atoms with van der Waals surface area (Å²) < 4.78 is 2.21. The van der Waals surface area contributed by atoms with Gasteiger partial charge in [-0.1, -0.05) is 23.7 Å². The zero-order valence-corrected chi connectivity index (χ0v) is 14.8. The molecule has 1 unspecified atom stereocenters. The van der Waals surface area contributed by atoms with Crippen LogP contribution in [0.5, 0.6) is 0 Å². The lowest BCUT2D eigenvalue weighted by Crippen LogP contribution is -2.07. The molecule has 3 aromatic heterocycles. The van der Waals surface area contributed by atoms with Crippen molar-refractivity contribution in [3.63, 3.8) is 0 Å². The summed E-state index contributed by atoms with van der Waals surface area (Å²) in [6, 6.07) is 10.3. The monoisotopic (exact) mass is 365 g/mol.